The summed E-state index contributed by atoms with van der Waals surface area (Å²) in [7, 11) is 0. The number of halogens is 1. The van der Waals surface area contributed by atoms with Crippen molar-refractivity contribution in [2.24, 2.45) is 0 Å². The first kappa shape index (κ1) is 15.2. The third-order valence-electron chi connectivity index (χ3n) is 3.34. The molecule has 1 amide bonds. The predicted molar refractivity (Wildman–Crippen MR) is 90.1 cm³/mol. The van der Waals surface area contributed by atoms with Gasteiger partial charge >= 0.3 is 0 Å². The molecule has 0 fully saturated rings. The van der Waals surface area contributed by atoms with Gasteiger partial charge in [-0.3, -0.25) is 4.79 Å². The van der Waals surface area contributed by atoms with Crippen LogP contribution in [0.5, 0.6) is 0 Å². The van der Waals surface area contributed by atoms with E-state index in [1.807, 2.05) is 36.4 Å². The van der Waals surface area contributed by atoms with E-state index >= 15 is 0 Å². The average Bonchev–Trinajstić information content (AvgIpc) is 2.61. The lowest BCUT2D eigenvalue weighted by molar-refractivity contribution is 0.0950. The number of carbonyl (C=O) groups is 1. The number of nitrogens with zero attached hydrogens (tertiary/aromatic N) is 2. The molecule has 0 aliphatic heterocycles. The minimum Gasteiger partial charge on any atom is -0.346 e. The van der Waals surface area contributed by atoms with Crippen LogP contribution >= 0.6 is 11.6 Å². The van der Waals surface area contributed by atoms with Crippen molar-refractivity contribution in [2.75, 3.05) is 0 Å². The van der Waals surface area contributed by atoms with Crippen molar-refractivity contribution < 1.29 is 4.79 Å². The highest BCUT2D eigenvalue weighted by molar-refractivity contribution is 6.33. The van der Waals surface area contributed by atoms with Crippen molar-refractivity contribution in [2.45, 2.75) is 6.54 Å². The molecule has 0 spiro atoms. The number of hydrogen-bond acceptors (Lipinski definition) is 3. The van der Waals surface area contributed by atoms with Crippen LogP contribution in [0.25, 0.3) is 11.3 Å². The number of rotatable bonds is 4. The van der Waals surface area contributed by atoms with Crippen LogP contribution in [0.2, 0.25) is 5.02 Å². The SMILES string of the molecule is O=C(NCc1cc(-c2ccccc2)ncn1)c1ccccc1Cl. The third kappa shape index (κ3) is 3.73. The van der Waals surface area contributed by atoms with Gasteiger partial charge in [-0.2, -0.15) is 0 Å². The van der Waals surface area contributed by atoms with Crippen LogP contribution in [-0.4, -0.2) is 15.9 Å². The van der Waals surface area contributed by atoms with Crippen LogP contribution in [-0.2, 0) is 6.54 Å². The monoisotopic (exact) mass is 323 g/mol. The Hall–Kier alpha value is -2.72. The van der Waals surface area contributed by atoms with E-state index in [1.54, 1.807) is 24.3 Å². The van der Waals surface area contributed by atoms with Gasteiger partial charge in [-0.1, -0.05) is 54.1 Å². The van der Waals surface area contributed by atoms with Gasteiger partial charge in [-0.25, -0.2) is 9.97 Å². The van der Waals surface area contributed by atoms with E-state index in [1.165, 1.54) is 6.33 Å². The summed E-state index contributed by atoms with van der Waals surface area (Å²) in [5.74, 6) is -0.226. The normalized spacial score (nSPS) is 10.3. The van der Waals surface area contributed by atoms with E-state index < -0.39 is 0 Å². The molecule has 0 atom stereocenters. The van der Waals surface area contributed by atoms with E-state index in [2.05, 4.69) is 15.3 Å². The van der Waals surface area contributed by atoms with E-state index in [9.17, 15) is 4.79 Å². The molecular weight excluding hydrogens is 310 g/mol. The van der Waals surface area contributed by atoms with Gasteiger partial charge in [-0.05, 0) is 18.2 Å². The molecule has 0 aliphatic rings. The molecule has 3 rings (SSSR count). The topological polar surface area (TPSA) is 54.9 Å². The minimum atomic E-state index is -0.226. The molecule has 0 aliphatic carbocycles. The van der Waals surface area contributed by atoms with Gasteiger partial charge in [0.1, 0.15) is 6.33 Å². The lowest BCUT2D eigenvalue weighted by atomic mass is 10.1. The lowest BCUT2D eigenvalue weighted by Gasteiger charge is -2.07. The zero-order chi connectivity index (χ0) is 16.1. The molecule has 1 heterocycles. The summed E-state index contributed by atoms with van der Waals surface area (Å²) >= 11 is 6.02. The molecule has 1 aromatic heterocycles. The Labute approximate surface area is 139 Å². The second kappa shape index (κ2) is 7.03. The maximum atomic E-state index is 12.2. The van der Waals surface area contributed by atoms with Crippen LogP contribution in [0.4, 0.5) is 0 Å². The Morgan fingerprint density at radius 1 is 1.00 bits per heavy atom. The standard InChI is InChI=1S/C18H14ClN3O/c19-16-9-5-4-8-15(16)18(23)20-11-14-10-17(22-12-21-14)13-6-2-1-3-7-13/h1-10,12H,11H2,(H,20,23). The fourth-order valence-electron chi connectivity index (χ4n) is 2.17. The van der Waals surface area contributed by atoms with E-state index in [0.717, 1.165) is 17.0 Å². The van der Waals surface area contributed by atoms with Gasteiger partial charge in [0.15, 0.2) is 0 Å². The van der Waals surface area contributed by atoms with Crippen molar-refractivity contribution in [1.82, 2.24) is 15.3 Å². The summed E-state index contributed by atoms with van der Waals surface area (Å²) < 4.78 is 0. The quantitative estimate of drug-likeness (QED) is 0.796. The van der Waals surface area contributed by atoms with E-state index in [4.69, 9.17) is 11.6 Å². The van der Waals surface area contributed by atoms with Crippen LogP contribution in [0, 0.1) is 0 Å². The highest BCUT2D eigenvalue weighted by Crippen LogP contribution is 2.17. The fraction of sp³-hybridized carbons (Fsp3) is 0.0556. The Kier molecular flexibility index (Phi) is 4.64. The van der Waals surface area contributed by atoms with Crippen molar-refractivity contribution in [3.8, 4) is 11.3 Å². The summed E-state index contributed by atoms with van der Waals surface area (Å²) in [5.41, 5.74) is 3.02. The Morgan fingerprint density at radius 2 is 1.74 bits per heavy atom. The molecule has 5 heteroatoms. The first-order valence-electron chi connectivity index (χ1n) is 7.13. The molecule has 0 saturated carbocycles. The average molecular weight is 324 g/mol. The minimum absolute atomic E-state index is 0.226. The second-order valence-corrected chi connectivity index (χ2v) is 5.33. The van der Waals surface area contributed by atoms with Gasteiger partial charge < -0.3 is 5.32 Å². The zero-order valence-corrected chi connectivity index (χ0v) is 13.0. The zero-order valence-electron chi connectivity index (χ0n) is 12.2. The summed E-state index contributed by atoms with van der Waals surface area (Å²) in [6, 6.07) is 18.6. The third-order valence-corrected chi connectivity index (χ3v) is 3.67. The largest absolute Gasteiger partial charge is 0.346 e. The van der Waals surface area contributed by atoms with Crippen LogP contribution in [0.1, 0.15) is 16.1 Å². The van der Waals surface area contributed by atoms with Crippen molar-refractivity contribution in [3.63, 3.8) is 0 Å². The molecule has 23 heavy (non-hydrogen) atoms. The molecule has 1 N–H and O–H groups in total. The van der Waals surface area contributed by atoms with Crippen LogP contribution in [0.3, 0.4) is 0 Å². The summed E-state index contributed by atoms with van der Waals surface area (Å²) in [5, 5.41) is 3.25. The molecule has 0 bridgehead atoms. The number of hydrogen-bond donors (Lipinski definition) is 1. The maximum absolute atomic E-state index is 12.2. The second-order valence-electron chi connectivity index (χ2n) is 4.92. The molecule has 0 saturated heterocycles. The molecule has 3 aromatic rings. The highest BCUT2D eigenvalue weighted by atomic mass is 35.5. The van der Waals surface area contributed by atoms with Crippen LogP contribution in [0.15, 0.2) is 67.0 Å². The predicted octanol–water partition coefficient (Wildman–Crippen LogP) is 3.73. The number of nitrogens with one attached hydrogen (secondary N) is 1. The molecule has 0 radical (unpaired) electrons. The number of benzene rings is 2. The number of carbonyl (C=O) groups excluding carboxylic acids is 1. The van der Waals surface area contributed by atoms with E-state index in [-0.39, 0.29) is 5.91 Å². The van der Waals surface area contributed by atoms with E-state index in [0.29, 0.717) is 17.1 Å². The molecule has 4 nitrogen and oxygen atoms in total. The summed E-state index contributed by atoms with van der Waals surface area (Å²) in [6.07, 6.45) is 1.50. The number of amides is 1. The molecular formula is C18H14ClN3O. The van der Waals surface area contributed by atoms with Crippen molar-refractivity contribution >= 4 is 17.5 Å². The van der Waals surface area contributed by atoms with Crippen LogP contribution < -0.4 is 5.32 Å². The smallest absolute Gasteiger partial charge is 0.253 e. The number of aromatic nitrogens is 2. The van der Waals surface area contributed by atoms with Gasteiger partial charge in [0.25, 0.3) is 5.91 Å². The summed E-state index contributed by atoms with van der Waals surface area (Å²) in [4.78, 5) is 20.6. The fourth-order valence-corrected chi connectivity index (χ4v) is 2.39. The van der Waals surface area contributed by atoms with Crippen molar-refractivity contribution in [3.05, 3.63) is 83.3 Å². The molecule has 2 aromatic carbocycles. The lowest BCUT2D eigenvalue weighted by Crippen LogP contribution is -2.23. The molecule has 114 valence electrons. The van der Waals surface area contributed by atoms with Gasteiger partial charge in [-0.15, -0.1) is 0 Å². The highest BCUT2D eigenvalue weighted by Gasteiger charge is 2.09. The summed E-state index contributed by atoms with van der Waals surface area (Å²) in [6.45, 7) is 0.312. The van der Waals surface area contributed by atoms with Gasteiger partial charge in [0.2, 0.25) is 0 Å². The van der Waals surface area contributed by atoms with Gasteiger partial charge in [0.05, 0.1) is 28.5 Å². The Morgan fingerprint density at radius 3 is 2.52 bits per heavy atom. The van der Waals surface area contributed by atoms with Gasteiger partial charge in [0, 0.05) is 5.56 Å². The maximum Gasteiger partial charge on any atom is 0.253 e. The Bertz CT molecular complexity index is 821. The van der Waals surface area contributed by atoms with Crippen molar-refractivity contribution in [1.29, 1.82) is 0 Å². The molecule has 0 unspecified atom stereocenters. The first-order valence-corrected chi connectivity index (χ1v) is 7.51. The Balaban J connectivity index is 1.72. The first-order chi connectivity index (χ1) is 11.2.